The summed E-state index contributed by atoms with van der Waals surface area (Å²) in [5, 5.41) is 3.62. The van der Waals surface area contributed by atoms with E-state index in [9.17, 15) is 4.79 Å². The number of benzene rings is 1. The molecular weight excluding hydrogens is 266 g/mol. The second-order valence-electron chi connectivity index (χ2n) is 4.62. The van der Waals surface area contributed by atoms with E-state index < -0.39 is 5.91 Å². The van der Waals surface area contributed by atoms with Crippen LogP contribution in [0.15, 0.2) is 18.2 Å². The van der Waals surface area contributed by atoms with Crippen LogP contribution in [0.4, 0.5) is 5.69 Å². The SMILES string of the molecule is CCOC1CC(N)C1Nc1ccc(C(N)=O)c(Cl)c1. The zero-order valence-corrected chi connectivity index (χ0v) is 11.5. The van der Waals surface area contributed by atoms with Gasteiger partial charge in [0.15, 0.2) is 0 Å². The maximum Gasteiger partial charge on any atom is 0.250 e. The van der Waals surface area contributed by atoms with Crippen LogP contribution in [-0.4, -0.2) is 30.7 Å². The van der Waals surface area contributed by atoms with Crippen LogP contribution in [0.5, 0.6) is 0 Å². The predicted molar refractivity (Wildman–Crippen MR) is 75.4 cm³/mol. The molecule has 3 unspecified atom stereocenters. The lowest BCUT2D eigenvalue weighted by molar-refractivity contribution is -0.0126. The van der Waals surface area contributed by atoms with Crippen molar-refractivity contribution in [3.63, 3.8) is 0 Å². The number of amides is 1. The highest BCUT2D eigenvalue weighted by atomic mass is 35.5. The molecule has 1 aromatic carbocycles. The van der Waals surface area contributed by atoms with Crippen LogP contribution < -0.4 is 16.8 Å². The van der Waals surface area contributed by atoms with Gasteiger partial charge in [0.2, 0.25) is 5.91 Å². The number of anilines is 1. The summed E-state index contributed by atoms with van der Waals surface area (Å²) in [5.41, 5.74) is 12.3. The quantitative estimate of drug-likeness (QED) is 0.761. The van der Waals surface area contributed by atoms with Crippen molar-refractivity contribution in [3.05, 3.63) is 28.8 Å². The lowest BCUT2D eigenvalue weighted by atomic mass is 9.83. The van der Waals surface area contributed by atoms with Gasteiger partial charge in [-0.05, 0) is 31.5 Å². The summed E-state index contributed by atoms with van der Waals surface area (Å²) in [6.45, 7) is 2.62. The van der Waals surface area contributed by atoms with Crippen LogP contribution in [0.25, 0.3) is 0 Å². The molecule has 1 saturated carbocycles. The summed E-state index contributed by atoms with van der Waals surface area (Å²) >= 11 is 6.00. The Morgan fingerprint density at radius 3 is 2.84 bits per heavy atom. The first-order valence-electron chi connectivity index (χ1n) is 6.26. The summed E-state index contributed by atoms with van der Waals surface area (Å²) in [6, 6.07) is 5.17. The Balaban J connectivity index is 2.07. The average Bonchev–Trinajstić information content (AvgIpc) is 2.35. The van der Waals surface area contributed by atoms with Gasteiger partial charge in [-0.3, -0.25) is 4.79 Å². The van der Waals surface area contributed by atoms with Gasteiger partial charge in [0.05, 0.1) is 22.7 Å². The van der Waals surface area contributed by atoms with E-state index in [1.54, 1.807) is 18.2 Å². The monoisotopic (exact) mass is 283 g/mol. The molecule has 1 aliphatic rings. The highest BCUT2D eigenvalue weighted by Gasteiger charge is 2.39. The fraction of sp³-hybridized carbons (Fsp3) is 0.462. The molecule has 0 spiro atoms. The molecule has 5 nitrogen and oxygen atoms in total. The van der Waals surface area contributed by atoms with Gasteiger partial charge >= 0.3 is 0 Å². The van der Waals surface area contributed by atoms with Gasteiger partial charge in [-0.2, -0.15) is 0 Å². The van der Waals surface area contributed by atoms with Crippen LogP contribution in [0.1, 0.15) is 23.7 Å². The average molecular weight is 284 g/mol. The van der Waals surface area contributed by atoms with Gasteiger partial charge in [-0.25, -0.2) is 0 Å². The Bertz CT molecular complexity index is 479. The summed E-state index contributed by atoms with van der Waals surface area (Å²) in [7, 11) is 0. The molecule has 1 aromatic rings. The molecule has 0 bridgehead atoms. The predicted octanol–water partition coefficient (Wildman–Crippen LogP) is 1.36. The number of nitrogens with two attached hydrogens (primary N) is 2. The first kappa shape index (κ1) is 14.1. The van der Waals surface area contributed by atoms with Crippen molar-refractivity contribution < 1.29 is 9.53 Å². The van der Waals surface area contributed by atoms with Crippen LogP contribution in [0, 0.1) is 0 Å². The fourth-order valence-electron chi connectivity index (χ4n) is 2.22. The third-order valence-electron chi connectivity index (χ3n) is 3.31. The van der Waals surface area contributed by atoms with Gasteiger partial charge in [-0.1, -0.05) is 11.6 Å². The Labute approximate surface area is 117 Å². The number of ether oxygens (including phenoxy) is 1. The highest BCUT2D eigenvalue weighted by Crippen LogP contribution is 2.28. The van der Waals surface area contributed by atoms with Crippen molar-refractivity contribution in [1.29, 1.82) is 0 Å². The van der Waals surface area contributed by atoms with Crippen molar-refractivity contribution in [2.24, 2.45) is 11.5 Å². The van der Waals surface area contributed by atoms with Crippen molar-refractivity contribution in [2.45, 2.75) is 31.5 Å². The Morgan fingerprint density at radius 1 is 1.58 bits per heavy atom. The standard InChI is InChI=1S/C13H18ClN3O2/c1-2-19-11-6-10(15)12(11)17-7-3-4-8(13(16)18)9(14)5-7/h3-5,10-12,17H,2,6,15H2,1H3,(H2,16,18). The minimum Gasteiger partial charge on any atom is -0.378 e. The molecule has 0 saturated heterocycles. The topological polar surface area (TPSA) is 90.4 Å². The van der Waals surface area contributed by atoms with E-state index in [2.05, 4.69) is 5.32 Å². The molecule has 6 heteroatoms. The van der Waals surface area contributed by atoms with E-state index >= 15 is 0 Å². The summed E-state index contributed by atoms with van der Waals surface area (Å²) in [4.78, 5) is 11.1. The van der Waals surface area contributed by atoms with E-state index in [1.165, 1.54) is 0 Å². The smallest absolute Gasteiger partial charge is 0.250 e. The Hall–Kier alpha value is -1.30. The maximum atomic E-state index is 11.1. The van der Waals surface area contributed by atoms with Crippen molar-refractivity contribution in [3.8, 4) is 0 Å². The van der Waals surface area contributed by atoms with E-state index in [0.717, 1.165) is 12.1 Å². The van der Waals surface area contributed by atoms with Gasteiger partial charge in [0, 0.05) is 18.3 Å². The Morgan fingerprint density at radius 2 is 2.32 bits per heavy atom. The molecule has 0 aliphatic heterocycles. The maximum absolute atomic E-state index is 11.1. The van der Waals surface area contributed by atoms with E-state index in [4.69, 9.17) is 27.8 Å². The van der Waals surface area contributed by atoms with Gasteiger partial charge < -0.3 is 21.5 Å². The zero-order valence-electron chi connectivity index (χ0n) is 10.7. The minimum atomic E-state index is -0.538. The largest absolute Gasteiger partial charge is 0.378 e. The van der Waals surface area contributed by atoms with Gasteiger partial charge in [-0.15, -0.1) is 0 Å². The molecule has 0 aromatic heterocycles. The van der Waals surface area contributed by atoms with Crippen molar-refractivity contribution in [1.82, 2.24) is 0 Å². The number of carbonyl (C=O) groups is 1. The molecule has 2 rings (SSSR count). The minimum absolute atomic E-state index is 0.0612. The van der Waals surface area contributed by atoms with E-state index in [0.29, 0.717) is 17.2 Å². The van der Waals surface area contributed by atoms with Crippen LogP contribution in [0.3, 0.4) is 0 Å². The summed E-state index contributed by atoms with van der Waals surface area (Å²) in [5.74, 6) is -0.538. The number of nitrogens with one attached hydrogen (secondary N) is 1. The third-order valence-corrected chi connectivity index (χ3v) is 3.63. The first-order valence-corrected chi connectivity index (χ1v) is 6.63. The van der Waals surface area contributed by atoms with Gasteiger partial charge in [0.1, 0.15) is 0 Å². The van der Waals surface area contributed by atoms with Crippen LogP contribution in [0.2, 0.25) is 5.02 Å². The highest BCUT2D eigenvalue weighted by molar-refractivity contribution is 6.34. The molecule has 3 atom stereocenters. The zero-order chi connectivity index (χ0) is 14.0. The molecule has 0 heterocycles. The normalized spacial score (nSPS) is 25.7. The van der Waals surface area contributed by atoms with E-state index in [1.807, 2.05) is 6.92 Å². The molecule has 1 amide bonds. The Kier molecular flexibility index (Phi) is 4.29. The van der Waals surface area contributed by atoms with E-state index in [-0.39, 0.29) is 18.2 Å². The summed E-state index contributed by atoms with van der Waals surface area (Å²) < 4.78 is 5.58. The second kappa shape index (κ2) is 5.77. The van der Waals surface area contributed by atoms with Crippen LogP contribution >= 0.6 is 11.6 Å². The third kappa shape index (κ3) is 3.00. The fourth-order valence-corrected chi connectivity index (χ4v) is 2.50. The van der Waals surface area contributed by atoms with Crippen molar-refractivity contribution >= 4 is 23.2 Å². The molecule has 104 valence electrons. The summed E-state index contributed by atoms with van der Waals surface area (Å²) in [6.07, 6.45) is 0.966. The number of halogens is 1. The van der Waals surface area contributed by atoms with Crippen LogP contribution in [-0.2, 0) is 4.74 Å². The number of carbonyl (C=O) groups excluding carboxylic acids is 1. The van der Waals surface area contributed by atoms with Crippen molar-refractivity contribution in [2.75, 3.05) is 11.9 Å². The second-order valence-corrected chi connectivity index (χ2v) is 5.03. The van der Waals surface area contributed by atoms with Gasteiger partial charge in [0.25, 0.3) is 0 Å². The number of rotatable bonds is 5. The number of hydrogen-bond donors (Lipinski definition) is 3. The molecule has 1 fully saturated rings. The molecular formula is C13H18ClN3O2. The lowest BCUT2D eigenvalue weighted by Gasteiger charge is -2.43. The molecule has 5 N–H and O–H groups in total. The lowest BCUT2D eigenvalue weighted by Crippen LogP contribution is -2.60. The molecule has 0 radical (unpaired) electrons. The number of hydrogen-bond acceptors (Lipinski definition) is 4. The molecule has 1 aliphatic carbocycles. The first-order chi connectivity index (χ1) is 9.02. The number of primary amides is 1. The molecule has 19 heavy (non-hydrogen) atoms.